The van der Waals surface area contributed by atoms with Crippen LogP contribution in [0, 0.1) is 5.92 Å². The average Bonchev–Trinajstić information content (AvgIpc) is 3.10. The van der Waals surface area contributed by atoms with Crippen LogP contribution in [0.3, 0.4) is 0 Å². The summed E-state index contributed by atoms with van der Waals surface area (Å²) in [6.45, 7) is 3.78. The van der Waals surface area contributed by atoms with Gasteiger partial charge in [-0.3, -0.25) is 0 Å². The third-order valence-electron chi connectivity index (χ3n) is 4.72. The number of hydrogen-bond acceptors (Lipinski definition) is 5. The predicted octanol–water partition coefficient (Wildman–Crippen LogP) is 3.03. The molecule has 25 heavy (non-hydrogen) atoms. The predicted molar refractivity (Wildman–Crippen MR) is 99.7 cm³/mol. The van der Waals surface area contributed by atoms with Gasteiger partial charge in [0.15, 0.2) is 11.5 Å². The fourth-order valence-electron chi connectivity index (χ4n) is 3.38. The van der Waals surface area contributed by atoms with Crippen molar-refractivity contribution >= 4 is 5.69 Å². The minimum Gasteiger partial charge on any atom is -0.504 e. The van der Waals surface area contributed by atoms with Crippen LogP contribution in [-0.4, -0.2) is 39.0 Å². The highest BCUT2D eigenvalue weighted by Crippen LogP contribution is 2.32. The standard InChI is InChI=1S/C20H26N2O3/c1-24-19-6-4-3-5-17(19)22-10-9-16(14-22)13-21-12-15-7-8-20(25-2)18(23)11-15/h3-8,11,16,21,23H,9-10,12-14H2,1-2H3. The van der Waals surface area contributed by atoms with Crippen molar-refractivity contribution in [2.45, 2.75) is 13.0 Å². The molecule has 0 aromatic heterocycles. The van der Waals surface area contributed by atoms with Gasteiger partial charge in [-0.25, -0.2) is 0 Å². The summed E-state index contributed by atoms with van der Waals surface area (Å²) in [6.07, 6.45) is 1.17. The lowest BCUT2D eigenvalue weighted by Gasteiger charge is -2.21. The van der Waals surface area contributed by atoms with E-state index in [2.05, 4.69) is 22.3 Å². The van der Waals surface area contributed by atoms with Crippen LogP contribution < -0.4 is 19.7 Å². The van der Waals surface area contributed by atoms with Crippen LogP contribution in [0.25, 0.3) is 0 Å². The molecule has 2 N–H and O–H groups in total. The fraction of sp³-hybridized carbons (Fsp3) is 0.400. The van der Waals surface area contributed by atoms with Crippen LogP contribution in [0.2, 0.25) is 0 Å². The summed E-state index contributed by atoms with van der Waals surface area (Å²) in [5.74, 6) is 2.23. The van der Waals surface area contributed by atoms with Gasteiger partial charge in [0.2, 0.25) is 0 Å². The Morgan fingerprint density at radius 3 is 2.68 bits per heavy atom. The van der Waals surface area contributed by atoms with Gasteiger partial charge in [0.25, 0.3) is 0 Å². The summed E-state index contributed by atoms with van der Waals surface area (Å²) in [4.78, 5) is 2.39. The van der Waals surface area contributed by atoms with Gasteiger partial charge in [-0.2, -0.15) is 0 Å². The molecule has 5 heteroatoms. The number of methoxy groups -OCH3 is 2. The minimum atomic E-state index is 0.185. The molecule has 134 valence electrons. The maximum Gasteiger partial charge on any atom is 0.160 e. The first-order valence-corrected chi connectivity index (χ1v) is 8.66. The van der Waals surface area contributed by atoms with E-state index in [1.54, 1.807) is 26.4 Å². The van der Waals surface area contributed by atoms with Crippen molar-refractivity contribution in [2.24, 2.45) is 5.92 Å². The third-order valence-corrected chi connectivity index (χ3v) is 4.72. The SMILES string of the molecule is COc1ccc(CNCC2CCN(c3ccccc3OC)C2)cc1O. The van der Waals surface area contributed by atoms with Crippen molar-refractivity contribution in [3.63, 3.8) is 0 Å². The van der Waals surface area contributed by atoms with Gasteiger partial charge in [-0.15, -0.1) is 0 Å². The summed E-state index contributed by atoms with van der Waals surface area (Å²) in [7, 11) is 3.28. The van der Waals surface area contributed by atoms with Crippen LogP contribution in [-0.2, 0) is 6.54 Å². The third kappa shape index (κ3) is 4.17. The zero-order chi connectivity index (χ0) is 17.6. The Balaban J connectivity index is 1.50. The van der Waals surface area contributed by atoms with Crippen molar-refractivity contribution < 1.29 is 14.6 Å². The Labute approximate surface area is 149 Å². The molecule has 1 saturated heterocycles. The van der Waals surface area contributed by atoms with E-state index in [-0.39, 0.29) is 5.75 Å². The molecule has 0 amide bonds. The molecule has 1 aliphatic rings. The molecule has 2 aromatic carbocycles. The molecule has 0 saturated carbocycles. The summed E-state index contributed by atoms with van der Waals surface area (Å²) in [5, 5.41) is 13.3. The lowest BCUT2D eigenvalue weighted by atomic mass is 10.1. The van der Waals surface area contributed by atoms with Crippen LogP contribution >= 0.6 is 0 Å². The van der Waals surface area contributed by atoms with Crippen molar-refractivity contribution in [1.82, 2.24) is 5.32 Å². The Bertz CT molecular complexity index is 705. The van der Waals surface area contributed by atoms with Gasteiger partial charge in [0.05, 0.1) is 19.9 Å². The molecular weight excluding hydrogens is 316 g/mol. The number of ether oxygens (including phenoxy) is 2. The highest BCUT2D eigenvalue weighted by Gasteiger charge is 2.24. The second-order valence-corrected chi connectivity index (χ2v) is 6.41. The smallest absolute Gasteiger partial charge is 0.160 e. The molecule has 5 nitrogen and oxygen atoms in total. The van der Waals surface area contributed by atoms with E-state index >= 15 is 0 Å². The highest BCUT2D eigenvalue weighted by atomic mass is 16.5. The van der Waals surface area contributed by atoms with Crippen molar-refractivity contribution in [3.8, 4) is 17.2 Å². The molecule has 0 spiro atoms. The summed E-state index contributed by atoms with van der Waals surface area (Å²) in [5.41, 5.74) is 2.23. The number of para-hydroxylation sites is 2. The average molecular weight is 342 g/mol. The summed E-state index contributed by atoms with van der Waals surface area (Å²) < 4.78 is 10.5. The molecule has 1 aliphatic heterocycles. The van der Waals surface area contributed by atoms with Crippen molar-refractivity contribution in [1.29, 1.82) is 0 Å². The Morgan fingerprint density at radius 2 is 1.92 bits per heavy atom. The minimum absolute atomic E-state index is 0.185. The number of hydrogen-bond donors (Lipinski definition) is 2. The second kappa shape index (κ2) is 8.12. The van der Waals surface area contributed by atoms with E-state index in [9.17, 15) is 5.11 Å². The second-order valence-electron chi connectivity index (χ2n) is 6.41. The first-order chi connectivity index (χ1) is 12.2. The number of phenolic OH excluding ortho intramolecular Hbond substituents is 1. The molecule has 1 atom stereocenters. The number of anilines is 1. The summed E-state index contributed by atoms with van der Waals surface area (Å²) in [6, 6.07) is 13.7. The highest BCUT2D eigenvalue weighted by molar-refractivity contribution is 5.59. The molecule has 2 aromatic rings. The van der Waals surface area contributed by atoms with Gasteiger partial charge >= 0.3 is 0 Å². The van der Waals surface area contributed by atoms with E-state index < -0.39 is 0 Å². The Kier molecular flexibility index (Phi) is 5.66. The van der Waals surface area contributed by atoms with Gasteiger partial charge in [-0.05, 0) is 42.2 Å². The number of benzene rings is 2. The lowest BCUT2D eigenvalue weighted by Crippen LogP contribution is -2.26. The molecule has 0 aliphatic carbocycles. The molecular formula is C20H26N2O3. The molecule has 0 radical (unpaired) electrons. The fourth-order valence-corrected chi connectivity index (χ4v) is 3.38. The van der Waals surface area contributed by atoms with Crippen LogP contribution in [0.4, 0.5) is 5.69 Å². The molecule has 3 rings (SSSR count). The van der Waals surface area contributed by atoms with Gasteiger partial charge in [-0.1, -0.05) is 18.2 Å². The quantitative estimate of drug-likeness (QED) is 0.810. The number of nitrogens with zero attached hydrogens (tertiary/aromatic N) is 1. The van der Waals surface area contributed by atoms with E-state index in [4.69, 9.17) is 9.47 Å². The zero-order valence-corrected chi connectivity index (χ0v) is 14.9. The Hall–Kier alpha value is -2.40. The topological polar surface area (TPSA) is 54.0 Å². The number of nitrogens with one attached hydrogen (secondary N) is 1. The van der Waals surface area contributed by atoms with E-state index in [1.807, 2.05) is 18.2 Å². The first kappa shape index (κ1) is 17.4. The summed E-state index contributed by atoms with van der Waals surface area (Å²) >= 11 is 0. The van der Waals surface area contributed by atoms with Gasteiger partial charge in [0.1, 0.15) is 5.75 Å². The zero-order valence-electron chi connectivity index (χ0n) is 14.9. The molecule has 1 heterocycles. The largest absolute Gasteiger partial charge is 0.504 e. The van der Waals surface area contributed by atoms with Crippen molar-refractivity contribution in [2.75, 3.05) is 38.8 Å². The lowest BCUT2D eigenvalue weighted by molar-refractivity contribution is 0.373. The van der Waals surface area contributed by atoms with Crippen LogP contribution in [0.5, 0.6) is 17.2 Å². The van der Waals surface area contributed by atoms with Gasteiger partial charge < -0.3 is 24.8 Å². The maximum absolute atomic E-state index is 9.84. The number of rotatable bonds is 7. The molecule has 0 bridgehead atoms. The number of aromatic hydroxyl groups is 1. The van der Waals surface area contributed by atoms with E-state index in [0.717, 1.165) is 37.5 Å². The van der Waals surface area contributed by atoms with Crippen LogP contribution in [0.1, 0.15) is 12.0 Å². The maximum atomic E-state index is 9.84. The Morgan fingerprint density at radius 1 is 1.12 bits per heavy atom. The monoisotopic (exact) mass is 342 g/mol. The van der Waals surface area contributed by atoms with Crippen molar-refractivity contribution in [3.05, 3.63) is 48.0 Å². The van der Waals surface area contributed by atoms with E-state index in [0.29, 0.717) is 11.7 Å². The molecule has 1 unspecified atom stereocenters. The molecule has 1 fully saturated rings. The van der Waals surface area contributed by atoms with Gasteiger partial charge in [0, 0.05) is 26.2 Å². The van der Waals surface area contributed by atoms with Crippen LogP contribution in [0.15, 0.2) is 42.5 Å². The normalized spacial score (nSPS) is 16.9. The first-order valence-electron chi connectivity index (χ1n) is 8.66. The number of phenols is 1. The van der Waals surface area contributed by atoms with E-state index in [1.165, 1.54) is 12.1 Å².